The van der Waals surface area contributed by atoms with Crippen LogP contribution in [0, 0.1) is 5.92 Å². The highest BCUT2D eigenvalue weighted by Gasteiger charge is 2.36. The molecule has 4 heteroatoms. The summed E-state index contributed by atoms with van der Waals surface area (Å²) in [5, 5.41) is 0.699. The Labute approximate surface area is 111 Å². The Kier molecular flexibility index (Phi) is 4.23. The van der Waals surface area contributed by atoms with E-state index in [1.54, 1.807) is 0 Å². The summed E-state index contributed by atoms with van der Waals surface area (Å²) in [4.78, 5) is 0. The fraction of sp³-hybridized carbons (Fsp3) is 0.571. The first-order chi connectivity index (χ1) is 8.46. The van der Waals surface area contributed by atoms with E-state index in [1.165, 1.54) is 0 Å². The van der Waals surface area contributed by atoms with Gasteiger partial charge in [-0.15, -0.1) is 0 Å². The Morgan fingerprint density at radius 3 is 2.33 bits per heavy atom. The molecule has 0 aliphatic heterocycles. The maximum Gasteiger partial charge on any atom is 0.248 e. The van der Waals surface area contributed by atoms with Gasteiger partial charge < -0.3 is 5.73 Å². The van der Waals surface area contributed by atoms with E-state index in [0.29, 0.717) is 17.9 Å². The summed E-state index contributed by atoms with van der Waals surface area (Å²) >= 11 is 5.81. The molecule has 0 bridgehead atoms. The third kappa shape index (κ3) is 3.66. The molecule has 0 heterocycles. The number of halogens is 3. The Bertz CT molecular complexity index is 381. The standard InChI is InChI=1S/C14H18ClF2N/c15-12-3-1-10(2-4-12)9-13(18)11-5-7-14(16,17)8-6-11/h1-4,11,13H,5-9,18H2. The predicted molar refractivity (Wildman–Crippen MR) is 70.0 cm³/mol. The molecule has 0 amide bonds. The lowest BCUT2D eigenvalue weighted by Crippen LogP contribution is -2.37. The smallest absolute Gasteiger partial charge is 0.248 e. The van der Waals surface area contributed by atoms with Crippen LogP contribution in [0.3, 0.4) is 0 Å². The molecule has 0 radical (unpaired) electrons. The number of alkyl halides is 2. The lowest BCUT2D eigenvalue weighted by Gasteiger charge is -2.32. The van der Waals surface area contributed by atoms with E-state index >= 15 is 0 Å². The second-order valence-corrected chi connectivity index (χ2v) is 5.62. The van der Waals surface area contributed by atoms with Gasteiger partial charge in [-0.3, -0.25) is 0 Å². The topological polar surface area (TPSA) is 26.0 Å². The largest absolute Gasteiger partial charge is 0.327 e. The third-order valence-corrected chi connectivity index (χ3v) is 4.00. The van der Waals surface area contributed by atoms with Crippen LogP contribution in [0.25, 0.3) is 0 Å². The van der Waals surface area contributed by atoms with E-state index in [9.17, 15) is 8.78 Å². The number of nitrogens with two attached hydrogens (primary N) is 1. The summed E-state index contributed by atoms with van der Waals surface area (Å²) in [5.41, 5.74) is 7.24. The Morgan fingerprint density at radius 1 is 1.22 bits per heavy atom. The normalized spacial score (nSPS) is 21.8. The SMILES string of the molecule is NC(Cc1ccc(Cl)cc1)C1CCC(F)(F)CC1. The van der Waals surface area contributed by atoms with Crippen molar-refractivity contribution in [2.24, 2.45) is 11.7 Å². The predicted octanol–water partition coefficient (Wildman–Crippen LogP) is 4.04. The molecule has 0 saturated heterocycles. The first-order valence-electron chi connectivity index (χ1n) is 6.34. The first-order valence-corrected chi connectivity index (χ1v) is 6.72. The van der Waals surface area contributed by atoms with Crippen LogP contribution in [-0.2, 0) is 6.42 Å². The highest BCUT2D eigenvalue weighted by atomic mass is 35.5. The average molecular weight is 274 g/mol. The summed E-state index contributed by atoms with van der Waals surface area (Å²) in [6.07, 6.45) is 1.74. The van der Waals surface area contributed by atoms with Gasteiger partial charge in [0.1, 0.15) is 0 Å². The third-order valence-electron chi connectivity index (χ3n) is 3.75. The minimum Gasteiger partial charge on any atom is -0.327 e. The molecule has 1 nitrogen and oxygen atoms in total. The Balaban J connectivity index is 1.89. The summed E-state index contributed by atoms with van der Waals surface area (Å²) in [5.74, 6) is -2.27. The van der Waals surface area contributed by atoms with Crippen LogP contribution in [-0.4, -0.2) is 12.0 Å². The molecule has 2 rings (SSSR count). The van der Waals surface area contributed by atoms with Crippen molar-refractivity contribution in [3.05, 3.63) is 34.9 Å². The number of rotatable bonds is 3. The molecule has 1 aliphatic rings. The Morgan fingerprint density at radius 2 is 1.78 bits per heavy atom. The molecular weight excluding hydrogens is 256 g/mol. The molecule has 1 aromatic rings. The van der Waals surface area contributed by atoms with Crippen molar-refractivity contribution in [1.29, 1.82) is 0 Å². The van der Waals surface area contributed by atoms with Crippen molar-refractivity contribution in [3.8, 4) is 0 Å². The van der Waals surface area contributed by atoms with Gasteiger partial charge in [0.2, 0.25) is 5.92 Å². The van der Waals surface area contributed by atoms with Gasteiger partial charge in [-0.25, -0.2) is 8.78 Å². The zero-order valence-electron chi connectivity index (χ0n) is 10.2. The van der Waals surface area contributed by atoms with Gasteiger partial charge in [-0.1, -0.05) is 23.7 Å². The van der Waals surface area contributed by atoms with E-state index in [0.717, 1.165) is 12.0 Å². The van der Waals surface area contributed by atoms with E-state index in [4.69, 9.17) is 17.3 Å². The van der Waals surface area contributed by atoms with Gasteiger partial charge in [0.15, 0.2) is 0 Å². The molecule has 100 valence electrons. The number of benzene rings is 1. The lowest BCUT2D eigenvalue weighted by molar-refractivity contribution is -0.0481. The van der Waals surface area contributed by atoms with Crippen LogP contribution in [0.15, 0.2) is 24.3 Å². The fourth-order valence-corrected chi connectivity index (χ4v) is 2.68. The summed E-state index contributed by atoms with van der Waals surface area (Å²) < 4.78 is 26.1. The highest BCUT2D eigenvalue weighted by molar-refractivity contribution is 6.30. The van der Waals surface area contributed by atoms with E-state index in [-0.39, 0.29) is 24.8 Å². The Hall–Kier alpha value is -0.670. The summed E-state index contributed by atoms with van der Waals surface area (Å²) in [6.45, 7) is 0. The van der Waals surface area contributed by atoms with Crippen LogP contribution in [0.2, 0.25) is 5.02 Å². The van der Waals surface area contributed by atoms with Crippen molar-refractivity contribution >= 4 is 11.6 Å². The van der Waals surface area contributed by atoms with E-state index in [2.05, 4.69) is 0 Å². The molecule has 1 fully saturated rings. The van der Waals surface area contributed by atoms with Crippen molar-refractivity contribution in [1.82, 2.24) is 0 Å². The van der Waals surface area contributed by atoms with E-state index < -0.39 is 5.92 Å². The van der Waals surface area contributed by atoms with Gasteiger partial charge in [0, 0.05) is 23.9 Å². The van der Waals surface area contributed by atoms with E-state index in [1.807, 2.05) is 24.3 Å². The minimum atomic E-state index is -2.48. The minimum absolute atomic E-state index is 0.0218. The first kappa shape index (κ1) is 13.8. The number of hydrogen-bond acceptors (Lipinski definition) is 1. The van der Waals surface area contributed by atoms with Crippen molar-refractivity contribution in [2.75, 3.05) is 0 Å². The van der Waals surface area contributed by atoms with Crippen LogP contribution >= 0.6 is 11.6 Å². The van der Waals surface area contributed by atoms with Gasteiger partial charge in [0.25, 0.3) is 0 Å². The van der Waals surface area contributed by atoms with Gasteiger partial charge in [-0.2, -0.15) is 0 Å². The molecule has 1 aliphatic carbocycles. The van der Waals surface area contributed by atoms with Crippen LogP contribution in [0.1, 0.15) is 31.2 Å². The number of hydrogen-bond donors (Lipinski definition) is 1. The molecular formula is C14H18ClF2N. The summed E-state index contributed by atoms with van der Waals surface area (Å²) in [6, 6.07) is 7.51. The monoisotopic (exact) mass is 273 g/mol. The molecule has 0 aromatic heterocycles. The maximum atomic E-state index is 13.1. The summed E-state index contributed by atoms with van der Waals surface area (Å²) in [7, 11) is 0. The molecule has 1 atom stereocenters. The molecule has 1 aromatic carbocycles. The lowest BCUT2D eigenvalue weighted by atomic mass is 9.80. The van der Waals surface area contributed by atoms with Gasteiger partial charge in [-0.05, 0) is 42.9 Å². The molecule has 2 N–H and O–H groups in total. The molecule has 1 saturated carbocycles. The second-order valence-electron chi connectivity index (χ2n) is 5.19. The van der Waals surface area contributed by atoms with Crippen LogP contribution in [0.4, 0.5) is 8.78 Å². The maximum absolute atomic E-state index is 13.1. The molecule has 1 unspecified atom stereocenters. The quantitative estimate of drug-likeness (QED) is 0.884. The molecule has 0 spiro atoms. The van der Waals surface area contributed by atoms with Crippen molar-refractivity contribution in [3.63, 3.8) is 0 Å². The average Bonchev–Trinajstić information content (AvgIpc) is 2.32. The van der Waals surface area contributed by atoms with Gasteiger partial charge in [0.05, 0.1) is 0 Å². The van der Waals surface area contributed by atoms with Crippen LogP contribution < -0.4 is 5.73 Å². The second kappa shape index (κ2) is 5.54. The zero-order chi connectivity index (χ0) is 13.2. The fourth-order valence-electron chi connectivity index (χ4n) is 2.55. The molecule has 18 heavy (non-hydrogen) atoms. The van der Waals surface area contributed by atoms with Crippen LogP contribution in [0.5, 0.6) is 0 Å². The van der Waals surface area contributed by atoms with Crippen molar-refractivity contribution in [2.45, 2.75) is 44.1 Å². The highest BCUT2D eigenvalue weighted by Crippen LogP contribution is 2.37. The van der Waals surface area contributed by atoms with Crippen molar-refractivity contribution < 1.29 is 8.78 Å². The zero-order valence-corrected chi connectivity index (χ0v) is 11.0. The van der Waals surface area contributed by atoms with Gasteiger partial charge >= 0.3 is 0 Å².